The van der Waals surface area contributed by atoms with Crippen LogP contribution in [-0.2, 0) is 0 Å². The van der Waals surface area contributed by atoms with Gasteiger partial charge in [-0.25, -0.2) is 0 Å². The molecule has 1 rings (SSSR count). The molecule has 1 aromatic rings. The molecule has 0 radical (unpaired) electrons. The summed E-state index contributed by atoms with van der Waals surface area (Å²) in [5.41, 5.74) is 0.457. The zero-order valence-corrected chi connectivity index (χ0v) is 11.0. The molecule has 5 heteroatoms. The topological polar surface area (TPSA) is 96.5 Å². The SMILES string of the molecule is CCC(CO)(CO)NCC(O)c1ccc(C#N)cc1. The van der Waals surface area contributed by atoms with E-state index in [1.54, 1.807) is 24.3 Å². The lowest BCUT2D eigenvalue weighted by Crippen LogP contribution is -2.52. The van der Waals surface area contributed by atoms with E-state index in [9.17, 15) is 15.3 Å². The van der Waals surface area contributed by atoms with Gasteiger partial charge in [0.25, 0.3) is 0 Å². The summed E-state index contributed by atoms with van der Waals surface area (Å²) in [6, 6.07) is 8.68. The van der Waals surface area contributed by atoms with E-state index in [1.807, 2.05) is 13.0 Å². The average molecular weight is 264 g/mol. The number of rotatable bonds is 7. The molecule has 104 valence electrons. The zero-order valence-electron chi connectivity index (χ0n) is 11.0. The lowest BCUT2D eigenvalue weighted by Gasteiger charge is -2.31. The Bertz CT molecular complexity index is 413. The lowest BCUT2D eigenvalue weighted by atomic mass is 9.97. The second-order valence-corrected chi connectivity index (χ2v) is 4.58. The third kappa shape index (κ3) is 4.01. The minimum Gasteiger partial charge on any atom is -0.394 e. The Morgan fingerprint density at radius 2 is 1.84 bits per heavy atom. The normalized spacial score (nSPS) is 13.0. The van der Waals surface area contributed by atoms with E-state index in [-0.39, 0.29) is 19.8 Å². The van der Waals surface area contributed by atoms with Crippen molar-refractivity contribution in [1.82, 2.24) is 5.32 Å². The molecule has 0 spiro atoms. The molecule has 0 aliphatic carbocycles. The molecule has 0 heterocycles. The van der Waals surface area contributed by atoms with E-state index in [4.69, 9.17) is 5.26 Å². The summed E-state index contributed by atoms with van der Waals surface area (Å²) in [4.78, 5) is 0. The zero-order chi connectivity index (χ0) is 14.3. The van der Waals surface area contributed by atoms with Gasteiger partial charge in [0.05, 0.1) is 36.5 Å². The fourth-order valence-corrected chi connectivity index (χ4v) is 1.72. The van der Waals surface area contributed by atoms with Crippen molar-refractivity contribution < 1.29 is 15.3 Å². The standard InChI is InChI=1S/C14H20N2O3/c1-2-14(9-17,10-18)16-8-13(19)12-5-3-11(7-15)4-6-12/h3-6,13,16-19H,2,8-10H2,1H3. The number of hydrogen-bond donors (Lipinski definition) is 4. The van der Waals surface area contributed by atoms with Crippen LogP contribution in [0.2, 0.25) is 0 Å². The van der Waals surface area contributed by atoms with Crippen LogP contribution in [0.1, 0.15) is 30.6 Å². The van der Waals surface area contributed by atoms with E-state index in [2.05, 4.69) is 5.32 Å². The second-order valence-electron chi connectivity index (χ2n) is 4.58. The minimum absolute atomic E-state index is 0.194. The van der Waals surface area contributed by atoms with Crippen LogP contribution >= 0.6 is 0 Å². The first-order valence-corrected chi connectivity index (χ1v) is 6.25. The monoisotopic (exact) mass is 264 g/mol. The number of benzene rings is 1. The molecule has 4 N–H and O–H groups in total. The molecule has 1 atom stereocenters. The number of hydrogen-bond acceptors (Lipinski definition) is 5. The van der Waals surface area contributed by atoms with Crippen molar-refractivity contribution in [3.05, 3.63) is 35.4 Å². The summed E-state index contributed by atoms with van der Waals surface area (Å²) < 4.78 is 0. The maximum Gasteiger partial charge on any atom is 0.0991 e. The van der Waals surface area contributed by atoms with Gasteiger partial charge in [0.1, 0.15) is 0 Å². The highest BCUT2D eigenvalue weighted by Gasteiger charge is 2.26. The number of nitrogens with one attached hydrogen (secondary N) is 1. The van der Waals surface area contributed by atoms with Gasteiger partial charge >= 0.3 is 0 Å². The fraction of sp³-hybridized carbons (Fsp3) is 0.500. The van der Waals surface area contributed by atoms with Crippen molar-refractivity contribution in [2.75, 3.05) is 19.8 Å². The van der Waals surface area contributed by atoms with Gasteiger partial charge in [0, 0.05) is 6.54 Å². The molecule has 1 aromatic carbocycles. The number of aliphatic hydroxyl groups excluding tert-OH is 3. The third-order valence-corrected chi connectivity index (χ3v) is 3.38. The van der Waals surface area contributed by atoms with Crippen LogP contribution < -0.4 is 5.32 Å². The molecule has 0 saturated heterocycles. The Balaban J connectivity index is 2.64. The summed E-state index contributed by atoms with van der Waals surface area (Å²) in [5, 5.41) is 40.3. The van der Waals surface area contributed by atoms with E-state index in [0.717, 1.165) is 0 Å². The van der Waals surface area contributed by atoms with Crippen molar-refractivity contribution in [2.24, 2.45) is 0 Å². The first-order valence-electron chi connectivity index (χ1n) is 6.25. The molecule has 5 nitrogen and oxygen atoms in total. The van der Waals surface area contributed by atoms with Crippen LogP contribution in [0.25, 0.3) is 0 Å². The van der Waals surface area contributed by atoms with Gasteiger partial charge in [-0.2, -0.15) is 5.26 Å². The Kier molecular flexibility index (Phi) is 5.93. The predicted molar refractivity (Wildman–Crippen MR) is 71.3 cm³/mol. The Morgan fingerprint density at radius 1 is 1.26 bits per heavy atom. The molecule has 0 aromatic heterocycles. The van der Waals surface area contributed by atoms with Crippen molar-refractivity contribution in [1.29, 1.82) is 5.26 Å². The molecule has 0 saturated carbocycles. The maximum atomic E-state index is 10.0. The first kappa shape index (κ1) is 15.6. The summed E-state index contributed by atoms with van der Waals surface area (Å²) in [6.07, 6.45) is -0.197. The molecule has 0 amide bonds. The van der Waals surface area contributed by atoms with E-state index in [1.165, 1.54) is 0 Å². The molecule has 0 aliphatic rings. The highest BCUT2D eigenvalue weighted by molar-refractivity contribution is 5.32. The van der Waals surface area contributed by atoms with Crippen molar-refractivity contribution in [3.63, 3.8) is 0 Å². The van der Waals surface area contributed by atoms with Gasteiger partial charge in [-0.15, -0.1) is 0 Å². The predicted octanol–water partition coefficient (Wildman–Crippen LogP) is 0.315. The summed E-state index contributed by atoms with van der Waals surface area (Å²) >= 11 is 0. The quantitative estimate of drug-likeness (QED) is 0.568. The van der Waals surface area contributed by atoms with Gasteiger partial charge in [0.2, 0.25) is 0 Å². The Morgan fingerprint density at radius 3 is 2.26 bits per heavy atom. The van der Waals surface area contributed by atoms with Crippen LogP contribution in [0.15, 0.2) is 24.3 Å². The lowest BCUT2D eigenvalue weighted by molar-refractivity contribution is 0.0707. The minimum atomic E-state index is -0.770. The van der Waals surface area contributed by atoms with E-state index < -0.39 is 11.6 Å². The van der Waals surface area contributed by atoms with Gasteiger partial charge < -0.3 is 20.6 Å². The largest absolute Gasteiger partial charge is 0.394 e. The summed E-state index contributed by atoms with van der Waals surface area (Å²) in [6.45, 7) is 1.69. The van der Waals surface area contributed by atoms with Gasteiger partial charge in [0.15, 0.2) is 0 Å². The summed E-state index contributed by atoms with van der Waals surface area (Å²) in [5.74, 6) is 0. The van der Waals surface area contributed by atoms with Gasteiger partial charge in [-0.3, -0.25) is 0 Å². The number of nitriles is 1. The number of aliphatic hydroxyl groups is 3. The van der Waals surface area contributed by atoms with E-state index in [0.29, 0.717) is 17.5 Å². The highest BCUT2D eigenvalue weighted by atomic mass is 16.3. The molecular weight excluding hydrogens is 244 g/mol. The average Bonchev–Trinajstić information content (AvgIpc) is 2.49. The third-order valence-electron chi connectivity index (χ3n) is 3.38. The smallest absolute Gasteiger partial charge is 0.0991 e. The Labute approximate surface area is 113 Å². The van der Waals surface area contributed by atoms with Crippen molar-refractivity contribution >= 4 is 0 Å². The van der Waals surface area contributed by atoms with Crippen LogP contribution in [-0.4, -0.2) is 40.6 Å². The molecule has 1 unspecified atom stereocenters. The van der Waals surface area contributed by atoms with Crippen LogP contribution in [0.5, 0.6) is 0 Å². The van der Waals surface area contributed by atoms with Gasteiger partial charge in [-0.1, -0.05) is 19.1 Å². The van der Waals surface area contributed by atoms with Gasteiger partial charge in [-0.05, 0) is 24.1 Å². The number of nitrogens with zero attached hydrogens (tertiary/aromatic N) is 1. The van der Waals surface area contributed by atoms with Crippen molar-refractivity contribution in [3.8, 4) is 6.07 Å². The van der Waals surface area contributed by atoms with Crippen molar-refractivity contribution in [2.45, 2.75) is 25.0 Å². The molecule has 0 fully saturated rings. The number of β-amino-alcohol motifs (C(OH)–C–C–N with tert-alkyl or cyclic N) is 1. The van der Waals surface area contributed by atoms with Crippen LogP contribution in [0.3, 0.4) is 0 Å². The Hall–Kier alpha value is -1.45. The molecule has 0 bridgehead atoms. The second kappa shape index (κ2) is 7.22. The maximum absolute atomic E-state index is 10.0. The molecule has 19 heavy (non-hydrogen) atoms. The fourth-order valence-electron chi connectivity index (χ4n) is 1.72. The first-order chi connectivity index (χ1) is 9.10. The van der Waals surface area contributed by atoms with E-state index >= 15 is 0 Å². The van der Waals surface area contributed by atoms with Crippen LogP contribution in [0, 0.1) is 11.3 Å². The van der Waals surface area contributed by atoms with Crippen LogP contribution in [0.4, 0.5) is 0 Å². The molecule has 0 aliphatic heterocycles. The summed E-state index contributed by atoms with van der Waals surface area (Å²) in [7, 11) is 0. The molecular formula is C14H20N2O3. The highest BCUT2D eigenvalue weighted by Crippen LogP contribution is 2.15.